The normalized spacial score (nSPS) is 13.6. The van der Waals surface area contributed by atoms with E-state index in [4.69, 9.17) is 4.74 Å². The van der Waals surface area contributed by atoms with Crippen LogP contribution in [0, 0.1) is 0 Å². The van der Waals surface area contributed by atoms with Gasteiger partial charge in [0.25, 0.3) is 0 Å². The predicted octanol–water partition coefficient (Wildman–Crippen LogP) is 5.64. The maximum absolute atomic E-state index is 11.6. The van der Waals surface area contributed by atoms with Crippen molar-refractivity contribution in [3.63, 3.8) is 0 Å². The third kappa shape index (κ3) is 4.29. The number of aromatic carboxylic acids is 1. The number of anilines is 1. The second kappa shape index (κ2) is 8.96. The molecule has 2 heterocycles. The number of nitrogens with zero attached hydrogens (tertiary/aromatic N) is 2. The smallest absolute Gasteiger partial charge is 0.339 e. The van der Waals surface area contributed by atoms with Crippen molar-refractivity contribution in [2.24, 2.45) is 0 Å². The standard InChI is InChI=1S/C25H23N3O3S/c29-25(30)20-8-7-17(13-22(20)31-18-4-2-5-18)21-14-24(28-15-27-21)26-11-9-16-3-1-6-23-19(16)10-12-32-23/h1,3,6-8,10,12-15,18H,2,4-5,9,11H2,(H,29,30)(H,26,27,28). The predicted molar refractivity (Wildman–Crippen MR) is 127 cm³/mol. The van der Waals surface area contributed by atoms with Crippen LogP contribution < -0.4 is 10.1 Å². The maximum atomic E-state index is 11.6. The van der Waals surface area contributed by atoms with E-state index in [-0.39, 0.29) is 11.7 Å². The van der Waals surface area contributed by atoms with Gasteiger partial charge in [-0.1, -0.05) is 18.2 Å². The summed E-state index contributed by atoms with van der Waals surface area (Å²) in [5.41, 5.74) is 3.01. The number of carboxylic acids is 1. The molecular formula is C25H23N3O3S. The van der Waals surface area contributed by atoms with Crippen LogP contribution in [0.25, 0.3) is 21.3 Å². The molecule has 2 aromatic carbocycles. The molecule has 0 aliphatic heterocycles. The lowest BCUT2D eigenvalue weighted by Gasteiger charge is -2.27. The summed E-state index contributed by atoms with van der Waals surface area (Å²) in [6.45, 7) is 0.749. The first kappa shape index (κ1) is 20.5. The van der Waals surface area contributed by atoms with Crippen molar-refractivity contribution in [2.75, 3.05) is 11.9 Å². The van der Waals surface area contributed by atoms with E-state index >= 15 is 0 Å². The Kier molecular flexibility index (Phi) is 5.73. The molecule has 162 valence electrons. The van der Waals surface area contributed by atoms with E-state index < -0.39 is 5.97 Å². The third-order valence-electron chi connectivity index (χ3n) is 5.81. The minimum absolute atomic E-state index is 0.0960. The fraction of sp³-hybridized carbons (Fsp3) is 0.240. The molecule has 2 aromatic heterocycles. The fourth-order valence-corrected chi connectivity index (χ4v) is 4.67. The van der Waals surface area contributed by atoms with E-state index in [2.05, 4.69) is 44.9 Å². The Morgan fingerprint density at radius 3 is 2.88 bits per heavy atom. The number of carbonyl (C=O) groups is 1. The van der Waals surface area contributed by atoms with Crippen LogP contribution >= 0.6 is 11.3 Å². The van der Waals surface area contributed by atoms with Gasteiger partial charge in [-0.3, -0.25) is 0 Å². The van der Waals surface area contributed by atoms with Gasteiger partial charge in [0.2, 0.25) is 0 Å². The molecule has 1 saturated carbocycles. The summed E-state index contributed by atoms with van der Waals surface area (Å²) in [4.78, 5) is 20.3. The number of nitrogens with one attached hydrogen (secondary N) is 1. The van der Waals surface area contributed by atoms with Crippen molar-refractivity contribution in [1.29, 1.82) is 0 Å². The summed E-state index contributed by atoms with van der Waals surface area (Å²) in [7, 11) is 0. The van der Waals surface area contributed by atoms with Crippen LogP contribution in [0.5, 0.6) is 5.75 Å². The SMILES string of the molecule is O=C(O)c1ccc(-c2cc(NCCc3cccc4sccc34)ncn2)cc1OC1CCC1. The zero-order chi connectivity index (χ0) is 21.9. The number of thiophene rings is 1. The number of ether oxygens (including phenoxy) is 1. The van der Waals surface area contributed by atoms with Crippen molar-refractivity contribution in [3.8, 4) is 17.0 Å². The Hall–Kier alpha value is -3.45. The van der Waals surface area contributed by atoms with E-state index in [9.17, 15) is 9.90 Å². The minimum atomic E-state index is -0.989. The molecule has 2 N–H and O–H groups in total. The van der Waals surface area contributed by atoms with Crippen molar-refractivity contribution in [3.05, 3.63) is 71.4 Å². The van der Waals surface area contributed by atoms with Crippen molar-refractivity contribution in [2.45, 2.75) is 31.8 Å². The lowest BCUT2D eigenvalue weighted by Crippen LogP contribution is -2.25. The van der Waals surface area contributed by atoms with E-state index in [1.165, 1.54) is 22.0 Å². The van der Waals surface area contributed by atoms with Gasteiger partial charge in [-0.15, -0.1) is 11.3 Å². The van der Waals surface area contributed by atoms with Gasteiger partial charge in [0.15, 0.2) is 0 Å². The number of aromatic nitrogens is 2. The van der Waals surface area contributed by atoms with Crippen LogP contribution in [-0.4, -0.2) is 33.7 Å². The Labute approximate surface area is 189 Å². The Morgan fingerprint density at radius 2 is 2.06 bits per heavy atom. The van der Waals surface area contributed by atoms with Gasteiger partial charge >= 0.3 is 5.97 Å². The Balaban J connectivity index is 1.31. The summed E-state index contributed by atoms with van der Waals surface area (Å²) in [5, 5.41) is 16.3. The number of fused-ring (bicyclic) bond motifs is 1. The first-order valence-electron chi connectivity index (χ1n) is 10.7. The van der Waals surface area contributed by atoms with Crippen LogP contribution in [0.2, 0.25) is 0 Å². The van der Waals surface area contributed by atoms with Gasteiger partial charge in [-0.2, -0.15) is 0 Å². The first-order chi connectivity index (χ1) is 15.7. The second-order valence-electron chi connectivity index (χ2n) is 7.90. The van der Waals surface area contributed by atoms with E-state index in [0.717, 1.165) is 49.3 Å². The number of benzene rings is 2. The molecule has 32 heavy (non-hydrogen) atoms. The number of carboxylic acid groups (broad SMARTS) is 1. The van der Waals surface area contributed by atoms with Crippen LogP contribution in [0.3, 0.4) is 0 Å². The van der Waals surface area contributed by atoms with Gasteiger partial charge in [-0.25, -0.2) is 14.8 Å². The van der Waals surface area contributed by atoms with Crippen molar-refractivity contribution >= 4 is 33.2 Å². The molecule has 1 fully saturated rings. The molecule has 7 heteroatoms. The summed E-state index contributed by atoms with van der Waals surface area (Å²) in [6, 6.07) is 15.6. The van der Waals surface area contributed by atoms with Gasteiger partial charge in [0.05, 0.1) is 11.8 Å². The molecule has 6 nitrogen and oxygen atoms in total. The minimum Gasteiger partial charge on any atom is -0.490 e. The average Bonchev–Trinajstić information content (AvgIpc) is 3.26. The van der Waals surface area contributed by atoms with Crippen LogP contribution in [0.15, 0.2) is 60.2 Å². The largest absolute Gasteiger partial charge is 0.490 e. The van der Waals surface area contributed by atoms with Crippen LogP contribution in [0.1, 0.15) is 35.2 Å². The van der Waals surface area contributed by atoms with E-state index in [1.807, 2.05) is 6.07 Å². The maximum Gasteiger partial charge on any atom is 0.339 e. The Morgan fingerprint density at radius 1 is 1.16 bits per heavy atom. The summed E-state index contributed by atoms with van der Waals surface area (Å²) < 4.78 is 7.24. The van der Waals surface area contributed by atoms with E-state index in [0.29, 0.717) is 5.75 Å². The highest BCUT2D eigenvalue weighted by Crippen LogP contribution is 2.32. The highest BCUT2D eigenvalue weighted by Gasteiger charge is 2.22. The van der Waals surface area contributed by atoms with Crippen molar-refractivity contribution in [1.82, 2.24) is 9.97 Å². The lowest BCUT2D eigenvalue weighted by atomic mass is 9.96. The molecule has 1 aliphatic rings. The topological polar surface area (TPSA) is 84.3 Å². The number of hydrogen-bond acceptors (Lipinski definition) is 6. The van der Waals surface area contributed by atoms with Gasteiger partial charge in [0, 0.05) is 22.9 Å². The van der Waals surface area contributed by atoms with Gasteiger partial charge < -0.3 is 15.2 Å². The molecule has 0 unspecified atom stereocenters. The average molecular weight is 446 g/mol. The number of hydrogen-bond donors (Lipinski definition) is 2. The molecule has 0 amide bonds. The highest BCUT2D eigenvalue weighted by molar-refractivity contribution is 7.17. The van der Waals surface area contributed by atoms with Gasteiger partial charge in [-0.05, 0) is 66.3 Å². The first-order valence-corrected chi connectivity index (χ1v) is 11.6. The molecule has 0 bridgehead atoms. The highest BCUT2D eigenvalue weighted by atomic mass is 32.1. The molecular weight excluding hydrogens is 422 g/mol. The number of rotatable bonds is 8. The molecule has 0 spiro atoms. The molecule has 1 aliphatic carbocycles. The fourth-order valence-electron chi connectivity index (χ4n) is 3.84. The molecule has 0 atom stereocenters. The molecule has 0 radical (unpaired) electrons. The monoisotopic (exact) mass is 445 g/mol. The summed E-state index contributed by atoms with van der Waals surface area (Å²) >= 11 is 1.76. The van der Waals surface area contributed by atoms with Crippen molar-refractivity contribution < 1.29 is 14.6 Å². The molecule has 0 saturated heterocycles. The summed E-state index contributed by atoms with van der Waals surface area (Å²) in [5.74, 6) is 0.143. The Bertz CT molecular complexity index is 1270. The molecule has 5 rings (SSSR count). The quantitative estimate of drug-likeness (QED) is 0.365. The lowest BCUT2D eigenvalue weighted by molar-refractivity contribution is 0.0680. The zero-order valence-corrected chi connectivity index (χ0v) is 18.3. The summed E-state index contributed by atoms with van der Waals surface area (Å²) in [6.07, 6.45) is 5.55. The second-order valence-corrected chi connectivity index (χ2v) is 8.85. The van der Waals surface area contributed by atoms with Gasteiger partial charge in [0.1, 0.15) is 23.5 Å². The van der Waals surface area contributed by atoms with E-state index in [1.54, 1.807) is 29.5 Å². The zero-order valence-electron chi connectivity index (χ0n) is 17.5. The third-order valence-corrected chi connectivity index (χ3v) is 6.69. The van der Waals surface area contributed by atoms with Crippen LogP contribution in [0.4, 0.5) is 5.82 Å². The molecule has 4 aromatic rings. The van der Waals surface area contributed by atoms with Crippen LogP contribution in [-0.2, 0) is 6.42 Å².